The minimum absolute atomic E-state index is 0.00747. The van der Waals surface area contributed by atoms with Crippen LogP contribution in [0.4, 0.5) is 0 Å². The molecule has 100 valence electrons. The van der Waals surface area contributed by atoms with Gasteiger partial charge in [-0.3, -0.25) is 14.4 Å². The number of benzene rings is 1. The van der Waals surface area contributed by atoms with E-state index in [1.54, 1.807) is 18.2 Å². The third kappa shape index (κ3) is 2.50. The molecule has 0 aliphatic rings. The van der Waals surface area contributed by atoms with Crippen molar-refractivity contribution in [2.45, 2.75) is 26.7 Å². The number of aromatic amines is 2. The molecule has 0 atom stereocenters. The van der Waals surface area contributed by atoms with Crippen LogP contribution in [0.2, 0.25) is 0 Å². The van der Waals surface area contributed by atoms with Crippen LogP contribution in [0.5, 0.6) is 0 Å². The van der Waals surface area contributed by atoms with Crippen LogP contribution in [0.3, 0.4) is 0 Å². The summed E-state index contributed by atoms with van der Waals surface area (Å²) >= 11 is 0. The average Bonchev–Trinajstić information content (AvgIpc) is 2.41. The van der Waals surface area contributed by atoms with Gasteiger partial charge >= 0.3 is 11.1 Å². The maximum absolute atomic E-state index is 12.2. The van der Waals surface area contributed by atoms with Crippen LogP contribution in [0.25, 0.3) is 11.0 Å². The monoisotopic (exact) mass is 260 g/mol. The first-order valence-electron chi connectivity index (χ1n) is 6.37. The van der Waals surface area contributed by atoms with Crippen LogP contribution in [0.1, 0.15) is 37.0 Å². The molecular weight excluding hydrogens is 244 g/mol. The van der Waals surface area contributed by atoms with Crippen LogP contribution < -0.4 is 11.1 Å². The van der Waals surface area contributed by atoms with Gasteiger partial charge in [0.2, 0.25) is 0 Å². The zero-order chi connectivity index (χ0) is 14.0. The number of hydrogen-bond acceptors (Lipinski definition) is 3. The number of carbonyl (C=O) groups is 1. The number of rotatable bonds is 4. The summed E-state index contributed by atoms with van der Waals surface area (Å²) in [5.74, 6) is 0.0610. The molecule has 2 N–H and O–H groups in total. The highest BCUT2D eigenvalue weighted by Gasteiger charge is 2.16. The third-order valence-corrected chi connectivity index (χ3v) is 3.36. The van der Waals surface area contributed by atoms with E-state index in [0.717, 1.165) is 12.8 Å². The van der Waals surface area contributed by atoms with E-state index in [0.29, 0.717) is 16.6 Å². The molecule has 5 nitrogen and oxygen atoms in total. The number of carbonyl (C=O) groups excluding carboxylic acids is 1. The number of H-pyrrole nitrogens is 2. The van der Waals surface area contributed by atoms with Crippen LogP contribution in [-0.4, -0.2) is 15.8 Å². The first-order valence-corrected chi connectivity index (χ1v) is 6.37. The SMILES string of the molecule is CCC(CC)C(=O)c1ccc2[nH]c(=O)c(=O)[nH]c2c1. The lowest BCUT2D eigenvalue weighted by atomic mass is 9.93. The van der Waals surface area contributed by atoms with Crippen LogP contribution in [0, 0.1) is 5.92 Å². The molecule has 2 rings (SSSR count). The number of hydrogen-bond donors (Lipinski definition) is 2. The maximum Gasteiger partial charge on any atom is 0.314 e. The van der Waals surface area contributed by atoms with Gasteiger partial charge in [-0.05, 0) is 31.0 Å². The maximum atomic E-state index is 12.2. The minimum atomic E-state index is -0.709. The van der Waals surface area contributed by atoms with Crippen LogP contribution in [-0.2, 0) is 0 Å². The van der Waals surface area contributed by atoms with Gasteiger partial charge < -0.3 is 9.97 Å². The minimum Gasteiger partial charge on any atom is -0.316 e. The molecule has 0 spiro atoms. The molecular formula is C14H16N2O3. The van der Waals surface area contributed by atoms with Gasteiger partial charge in [-0.1, -0.05) is 13.8 Å². The van der Waals surface area contributed by atoms with Gasteiger partial charge in [0.15, 0.2) is 5.78 Å². The molecule has 0 unspecified atom stereocenters. The predicted molar refractivity (Wildman–Crippen MR) is 73.6 cm³/mol. The highest BCUT2D eigenvalue weighted by molar-refractivity contribution is 6.00. The first kappa shape index (κ1) is 13.3. The van der Waals surface area contributed by atoms with E-state index in [1.807, 2.05) is 13.8 Å². The second-order valence-corrected chi connectivity index (χ2v) is 4.55. The van der Waals surface area contributed by atoms with Crippen molar-refractivity contribution in [2.75, 3.05) is 0 Å². The molecule has 0 saturated heterocycles. The quantitative estimate of drug-likeness (QED) is 0.650. The van der Waals surface area contributed by atoms with Gasteiger partial charge in [0.25, 0.3) is 0 Å². The molecule has 0 radical (unpaired) electrons. The Labute approximate surface area is 109 Å². The lowest BCUT2D eigenvalue weighted by Crippen LogP contribution is -2.29. The Morgan fingerprint density at radius 2 is 1.63 bits per heavy atom. The Bertz CT molecular complexity index is 723. The molecule has 0 amide bonds. The summed E-state index contributed by atoms with van der Waals surface area (Å²) < 4.78 is 0. The van der Waals surface area contributed by atoms with Crippen molar-refractivity contribution in [3.05, 3.63) is 44.5 Å². The molecule has 2 aromatic rings. The Kier molecular flexibility index (Phi) is 3.64. The number of nitrogens with one attached hydrogen (secondary N) is 2. The molecule has 0 bridgehead atoms. The molecule has 1 aromatic carbocycles. The smallest absolute Gasteiger partial charge is 0.314 e. The van der Waals surface area contributed by atoms with Crippen molar-refractivity contribution >= 4 is 16.8 Å². The normalized spacial score (nSPS) is 11.1. The average molecular weight is 260 g/mol. The summed E-state index contributed by atoms with van der Waals surface area (Å²) in [6.07, 6.45) is 1.57. The van der Waals surface area contributed by atoms with Gasteiger partial charge in [-0.15, -0.1) is 0 Å². The van der Waals surface area contributed by atoms with Crippen LogP contribution in [0.15, 0.2) is 27.8 Å². The van der Waals surface area contributed by atoms with Gasteiger partial charge in [0.1, 0.15) is 0 Å². The molecule has 0 aliphatic carbocycles. The second-order valence-electron chi connectivity index (χ2n) is 4.55. The summed E-state index contributed by atoms with van der Waals surface area (Å²) in [7, 11) is 0. The zero-order valence-corrected chi connectivity index (χ0v) is 10.9. The molecule has 1 aromatic heterocycles. The van der Waals surface area contributed by atoms with E-state index in [2.05, 4.69) is 9.97 Å². The van der Waals surface area contributed by atoms with E-state index in [4.69, 9.17) is 0 Å². The molecule has 5 heteroatoms. The van der Waals surface area contributed by atoms with Crippen molar-refractivity contribution in [3.8, 4) is 0 Å². The van der Waals surface area contributed by atoms with Gasteiger partial charge in [-0.2, -0.15) is 0 Å². The van der Waals surface area contributed by atoms with E-state index in [-0.39, 0.29) is 11.7 Å². The van der Waals surface area contributed by atoms with Gasteiger partial charge in [0.05, 0.1) is 11.0 Å². The van der Waals surface area contributed by atoms with Crippen molar-refractivity contribution in [1.29, 1.82) is 0 Å². The Morgan fingerprint density at radius 3 is 2.21 bits per heavy atom. The summed E-state index contributed by atoms with van der Waals surface area (Å²) in [6, 6.07) is 4.94. The largest absolute Gasteiger partial charge is 0.316 e. The Balaban J connectivity index is 2.53. The van der Waals surface area contributed by atoms with E-state index in [1.165, 1.54) is 0 Å². The number of Topliss-reactive ketones (excluding diaryl/α,β-unsaturated/α-hetero) is 1. The highest BCUT2D eigenvalue weighted by atomic mass is 16.2. The summed E-state index contributed by atoms with van der Waals surface area (Å²) in [5.41, 5.74) is 0.155. The van der Waals surface area contributed by atoms with Gasteiger partial charge in [0, 0.05) is 11.5 Å². The Morgan fingerprint density at radius 1 is 1.05 bits per heavy atom. The fraction of sp³-hybridized carbons (Fsp3) is 0.357. The van der Waals surface area contributed by atoms with Gasteiger partial charge in [-0.25, -0.2) is 0 Å². The third-order valence-electron chi connectivity index (χ3n) is 3.36. The van der Waals surface area contributed by atoms with Crippen molar-refractivity contribution in [1.82, 2.24) is 9.97 Å². The summed E-state index contributed by atoms with van der Waals surface area (Å²) in [6.45, 7) is 3.96. The predicted octanol–water partition coefficient (Wildman–Crippen LogP) is 1.84. The van der Waals surface area contributed by atoms with E-state index >= 15 is 0 Å². The standard InChI is InChI=1S/C14H16N2O3/c1-3-8(4-2)12(17)9-5-6-10-11(7-9)16-14(19)13(18)15-10/h5-8H,3-4H2,1-2H3,(H,15,18)(H,16,19). The van der Waals surface area contributed by atoms with E-state index < -0.39 is 11.1 Å². The number of ketones is 1. The first-order chi connectivity index (χ1) is 9.06. The topological polar surface area (TPSA) is 82.8 Å². The van der Waals surface area contributed by atoms with Crippen molar-refractivity contribution in [3.63, 3.8) is 0 Å². The lowest BCUT2D eigenvalue weighted by Gasteiger charge is -2.11. The highest BCUT2D eigenvalue weighted by Crippen LogP contribution is 2.18. The number of aromatic nitrogens is 2. The number of fused-ring (bicyclic) bond motifs is 1. The lowest BCUT2D eigenvalue weighted by molar-refractivity contribution is 0.0913. The molecule has 19 heavy (non-hydrogen) atoms. The summed E-state index contributed by atoms with van der Waals surface area (Å²) in [5, 5.41) is 0. The fourth-order valence-electron chi connectivity index (χ4n) is 2.16. The molecule has 0 fully saturated rings. The Hall–Kier alpha value is -2.17. The molecule has 0 saturated carbocycles. The van der Waals surface area contributed by atoms with E-state index in [9.17, 15) is 14.4 Å². The van der Waals surface area contributed by atoms with Crippen molar-refractivity contribution < 1.29 is 4.79 Å². The fourth-order valence-corrected chi connectivity index (χ4v) is 2.16. The summed E-state index contributed by atoms with van der Waals surface area (Å²) in [4.78, 5) is 39.6. The molecule has 0 aliphatic heterocycles. The van der Waals surface area contributed by atoms with Crippen molar-refractivity contribution in [2.24, 2.45) is 5.92 Å². The second kappa shape index (κ2) is 5.22. The zero-order valence-electron chi connectivity index (χ0n) is 10.9. The molecule has 1 heterocycles. The van der Waals surface area contributed by atoms with Crippen LogP contribution >= 0.6 is 0 Å².